The average molecular weight is 927 g/mol. The van der Waals surface area contributed by atoms with Gasteiger partial charge in [-0.3, -0.25) is 9.59 Å². The van der Waals surface area contributed by atoms with Gasteiger partial charge in [0.25, 0.3) is 11.8 Å². The smallest absolute Gasteiger partial charge is 0.407 e. The summed E-state index contributed by atoms with van der Waals surface area (Å²) in [7, 11) is 2.73. The molecular formula is C55H58N8O6. The van der Waals surface area contributed by atoms with Crippen molar-refractivity contribution < 1.29 is 28.9 Å². The number of alkyl carbamates (subject to hydrolysis) is 1. The number of hydrogen-bond acceptors (Lipinski definition) is 9. The van der Waals surface area contributed by atoms with Crippen LogP contribution in [0.25, 0.3) is 33.6 Å². The molecule has 354 valence electrons. The van der Waals surface area contributed by atoms with Gasteiger partial charge in [0.1, 0.15) is 17.7 Å². The first-order valence-electron chi connectivity index (χ1n) is 24.5. The molecule has 6 aromatic rings. The number of imidazole rings is 2. The van der Waals surface area contributed by atoms with Crippen molar-refractivity contribution in [1.29, 1.82) is 0 Å². The van der Waals surface area contributed by atoms with Gasteiger partial charge < -0.3 is 34.7 Å². The molecule has 69 heavy (non-hydrogen) atoms. The Bertz CT molecular complexity index is 2860. The second-order valence-corrected chi connectivity index (χ2v) is 19.3. The minimum Gasteiger partial charge on any atom is -0.453 e. The maximum atomic E-state index is 14.7. The molecule has 2 saturated carbocycles. The molecule has 3 amide bonds. The number of H-pyrrole nitrogens is 2. The number of methoxy groups -OCH3 is 1. The first kappa shape index (κ1) is 44.4. The zero-order valence-electron chi connectivity index (χ0n) is 39.1. The molecule has 5 aliphatic rings. The van der Waals surface area contributed by atoms with Crippen LogP contribution >= 0.6 is 0 Å². The number of aromatic nitrogens is 4. The number of nitrogens with zero attached hydrogens (tertiary/aromatic N) is 5. The number of fused-ring (bicyclic) bond motifs is 5. The maximum Gasteiger partial charge on any atom is 0.407 e. The van der Waals surface area contributed by atoms with Crippen molar-refractivity contribution in [2.45, 2.75) is 107 Å². The molecule has 4 heterocycles. The van der Waals surface area contributed by atoms with E-state index in [4.69, 9.17) is 24.5 Å². The number of carbonyl (C=O) groups excluding carboxylic acids is 3. The van der Waals surface area contributed by atoms with Gasteiger partial charge in [-0.25, -0.2) is 19.8 Å². The van der Waals surface area contributed by atoms with E-state index in [1.807, 2.05) is 78.0 Å². The maximum absolute atomic E-state index is 14.7. The highest BCUT2D eigenvalue weighted by molar-refractivity contribution is 5.88. The van der Waals surface area contributed by atoms with Crippen LogP contribution < -0.4 is 5.32 Å². The Morgan fingerprint density at radius 1 is 0.681 bits per heavy atom. The highest BCUT2D eigenvalue weighted by Gasteiger charge is 2.49. The van der Waals surface area contributed by atoms with Gasteiger partial charge in [0.15, 0.2) is 6.04 Å². The quantitative estimate of drug-likeness (QED) is 0.0471. The van der Waals surface area contributed by atoms with Gasteiger partial charge in [-0.05, 0) is 113 Å². The third-order valence-electron chi connectivity index (χ3n) is 15.5. The Kier molecular flexibility index (Phi) is 12.3. The summed E-state index contributed by atoms with van der Waals surface area (Å²) in [5.41, 5.74) is 10.3. The van der Waals surface area contributed by atoms with Crippen LogP contribution in [-0.2, 0) is 30.5 Å². The largest absolute Gasteiger partial charge is 0.453 e. The number of amides is 3. The molecule has 4 aromatic carbocycles. The van der Waals surface area contributed by atoms with Crippen LogP contribution in [0.1, 0.15) is 122 Å². The van der Waals surface area contributed by atoms with Crippen molar-refractivity contribution in [2.75, 3.05) is 14.2 Å². The number of aromatic amines is 2. The normalized spacial score (nSPS) is 23.4. The standard InChI is InChI=1S/C55H58N8O6/c1-67-55(66)61-50(34-15-7-4-8-16-34)54(65)63-46-20-12-10-18-38(46)29-48(63)52-57-31-44(60-52)36-22-24-42-40(26-36)27-39-25-35(21-23-41(39)42)43-30-56-51(59-43)47-28-37-17-9-11-19-45(37)62(47)53(64)49(58-32-69-68-2)33-13-5-3-6-14-33/h3-8,13-16,21-26,30-32,37-38,45-50H,9-12,17-20,27-29H2,1-2H3,(H,56,59)(H,57,60)(H,61,66)/t37-,38-,45-,46-,47-,48-,49-,50+/m0/s1. The minimum atomic E-state index is -0.885. The van der Waals surface area contributed by atoms with E-state index in [-0.39, 0.29) is 36.0 Å². The fourth-order valence-electron chi connectivity index (χ4n) is 12.3. The Hall–Kier alpha value is -7.06. The van der Waals surface area contributed by atoms with Crippen molar-refractivity contribution in [3.05, 3.63) is 143 Å². The van der Waals surface area contributed by atoms with Crippen molar-refractivity contribution in [3.8, 4) is 33.6 Å². The number of benzene rings is 4. The van der Waals surface area contributed by atoms with Gasteiger partial charge in [0, 0.05) is 12.1 Å². The van der Waals surface area contributed by atoms with Gasteiger partial charge >= 0.3 is 6.09 Å². The summed E-state index contributed by atoms with van der Waals surface area (Å²) >= 11 is 0. The molecule has 0 radical (unpaired) electrons. The lowest BCUT2D eigenvalue weighted by atomic mass is 9.84. The van der Waals surface area contributed by atoms with Crippen molar-refractivity contribution in [2.24, 2.45) is 16.8 Å². The SMILES string of the molecule is COOC=N[C@H](C(=O)N1[C@H](c2ncc(-c3ccc4c(c3)Cc3cc(-c5cnc([C@@H]6C[C@@H]7CCCC[C@@H]7N6C(=O)[C@H](NC(=O)OC)c6ccccc6)[nH]5)ccc3-4)[nH]2)C[C@@H]2CCCC[C@@H]21)c1ccccc1. The first-order chi connectivity index (χ1) is 33.9. The van der Waals surface area contributed by atoms with Crippen LogP contribution in [-0.4, -0.2) is 80.3 Å². The third-order valence-corrected chi connectivity index (χ3v) is 15.5. The van der Waals surface area contributed by atoms with Crippen LogP contribution in [0, 0.1) is 11.8 Å². The lowest BCUT2D eigenvalue weighted by Crippen LogP contribution is -2.47. The van der Waals surface area contributed by atoms with E-state index >= 15 is 0 Å². The van der Waals surface area contributed by atoms with Crippen LogP contribution in [0.4, 0.5) is 4.79 Å². The van der Waals surface area contributed by atoms with Crippen LogP contribution in [0.15, 0.2) is 114 Å². The van der Waals surface area contributed by atoms with E-state index in [1.165, 1.54) is 49.3 Å². The zero-order chi connectivity index (χ0) is 47.0. The zero-order valence-corrected chi connectivity index (χ0v) is 39.1. The summed E-state index contributed by atoms with van der Waals surface area (Å²) < 4.78 is 4.97. The summed E-state index contributed by atoms with van der Waals surface area (Å²) in [5, 5.41) is 2.83. The van der Waals surface area contributed by atoms with Gasteiger partial charge in [0.2, 0.25) is 6.40 Å². The van der Waals surface area contributed by atoms with Crippen molar-refractivity contribution in [1.82, 2.24) is 35.1 Å². The number of ether oxygens (including phenoxy) is 1. The fraction of sp³-hybridized carbons (Fsp3) is 0.382. The molecule has 14 heteroatoms. The Balaban J connectivity index is 0.827. The molecule has 0 bridgehead atoms. The molecule has 0 spiro atoms. The van der Waals surface area contributed by atoms with E-state index < -0.39 is 18.2 Å². The second kappa shape index (κ2) is 19.1. The van der Waals surface area contributed by atoms with E-state index in [1.54, 1.807) is 0 Å². The van der Waals surface area contributed by atoms with E-state index in [9.17, 15) is 14.4 Å². The minimum absolute atomic E-state index is 0.0640. The lowest BCUT2D eigenvalue weighted by Gasteiger charge is -2.36. The predicted molar refractivity (Wildman–Crippen MR) is 260 cm³/mol. The highest BCUT2D eigenvalue weighted by Crippen LogP contribution is 2.49. The van der Waals surface area contributed by atoms with E-state index in [0.29, 0.717) is 17.4 Å². The molecule has 0 unspecified atom stereocenters. The van der Waals surface area contributed by atoms with E-state index in [0.717, 1.165) is 104 Å². The van der Waals surface area contributed by atoms with Crippen LogP contribution in [0.2, 0.25) is 0 Å². The van der Waals surface area contributed by atoms with Crippen molar-refractivity contribution in [3.63, 3.8) is 0 Å². The molecule has 4 fully saturated rings. The number of hydrogen-bond donors (Lipinski definition) is 3. The molecule has 11 rings (SSSR count). The Morgan fingerprint density at radius 2 is 1.20 bits per heavy atom. The summed E-state index contributed by atoms with van der Waals surface area (Å²) in [5.74, 6) is 2.10. The molecule has 3 aliphatic carbocycles. The highest BCUT2D eigenvalue weighted by atomic mass is 17.2. The summed E-state index contributed by atoms with van der Waals surface area (Å²) in [6, 6.07) is 30.3. The van der Waals surface area contributed by atoms with Gasteiger partial charge in [-0.2, -0.15) is 4.89 Å². The lowest BCUT2D eigenvalue weighted by molar-refractivity contribution is -0.188. The molecule has 14 nitrogen and oxygen atoms in total. The Morgan fingerprint density at radius 3 is 1.74 bits per heavy atom. The monoisotopic (exact) mass is 926 g/mol. The average Bonchev–Trinajstić information content (AvgIpc) is 4.25. The van der Waals surface area contributed by atoms with Crippen molar-refractivity contribution >= 4 is 24.3 Å². The third kappa shape index (κ3) is 8.49. The number of likely N-dealkylation sites (tertiary alicyclic amines) is 2. The molecule has 2 aliphatic heterocycles. The number of nitrogens with one attached hydrogen (secondary N) is 3. The second-order valence-electron chi connectivity index (χ2n) is 19.3. The summed E-state index contributed by atoms with van der Waals surface area (Å²) in [6.45, 7) is 0. The van der Waals surface area contributed by atoms with Crippen LogP contribution in [0.5, 0.6) is 0 Å². The molecule has 2 aromatic heterocycles. The number of rotatable bonds is 12. The van der Waals surface area contributed by atoms with Gasteiger partial charge in [-0.1, -0.05) is 111 Å². The Labute approximate surface area is 401 Å². The number of carbonyl (C=O) groups is 3. The molecule has 3 N–H and O–H groups in total. The fourth-order valence-corrected chi connectivity index (χ4v) is 12.3. The van der Waals surface area contributed by atoms with Gasteiger partial charge in [0.05, 0.1) is 50.1 Å². The van der Waals surface area contributed by atoms with Crippen LogP contribution in [0.3, 0.4) is 0 Å². The topological polar surface area (TPSA) is 167 Å². The summed E-state index contributed by atoms with van der Waals surface area (Å²) in [6.07, 6.45) is 15.3. The first-order valence-corrected chi connectivity index (χ1v) is 24.5. The van der Waals surface area contributed by atoms with Gasteiger partial charge in [-0.15, -0.1) is 0 Å². The molecule has 8 atom stereocenters. The number of aliphatic imine (C=N–C) groups is 1. The van der Waals surface area contributed by atoms with E-state index in [2.05, 4.69) is 61.6 Å². The molecular weight excluding hydrogens is 869 g/mol. The molecule has 2 saturated heterocycles. The predicted octanol–water partition coefficient (Wildman–Crippen LogP) is 10.1. The summed E-state index contributed by atoms with van der Waals surface area (Å²) in [4.78, 5) is 77.6.